The first-order valence-corrected chi connectivity index (χ1v) is 5.15. The molecule has 0 spiro atoms. The van der Waals surface area contributed by atoms with Gasteiger partial charge in [-0.1, -0.05) is 13.3 Å². The molecule has 3 heteroatoms. The van der Waals surface area contributed by atoms with Gasteiger partial charge in [-0.05, 0) is 12.8 Å². The van der Waals surface area contributed by atoms with Crippen LogP contribution in [0.25, 0.3) is 0 Å². The van der Waals surface area contributed by atoms with E-state index >= 15 is 0 Å². The molecule has 1 aliphatic rings. The van der Waals surface area contributed by atoms with Crippen molar-refractivity contribution >= 4 is 0 Å². The Morgan fingerprint density at radius 2 is 2.54 bits per heavy atom. The Balaban J connectivity index is 2.12. The third-order valence-corrected chi connectivity index (χ3v) is 2.62. The lowest BCUT2D eigenvalue weighted by molar-refractivity contribution is 0.512. The molecule has 0 amide bonds. The molecular formula is C10H17N3. The number of aryl methyl sites for hydroxylation is 1. The zero-order valence-electron chi connectivity index (χ0n) is 8.21. The molecule has 72 valence electrons. The van der Waals surface area contributed by atoms with Crippen molar-refractivity contribution < 1.29 is 0 Å². The van der Waals surface area contributed by atoms with Gasteiger partial charge in [0.1, 0.15) is 0 Å². The molecule has 2 rings (SSSR count). The summed E-state index contributed by atoms with van der Waals surface area (Å²) in [5.41, 5.74) is 2.70. The maximum Gasteiger partial charge on any atom is 0.0952 e. The molecule has 0 saturated carbocycles. The van der Waals surface area contributed by atoms with Gasteiger partial charge in [0, 0.05) is 19.6 Å². The third kappa shape index (κ3) is 1.75. The van der Waals surface area contributed by atoms with Crippen molar-refractivity contribution in [3.63, 3.8) is 0 Å². The summed E-state index contributed by atoms with van der Waals surface area (Å²) in [5, 5.41) is 3.38. The van der Waals surface area contributed by atoms with Crippen molar-refractivity contribution in [3.05, 3.63) is 17.7 Å². The lowest BCUT2D eigenvalue weighted by Crippen LogP contribution is -2.28. The van der Waals surface area contributed by atoms with Crippen molar-refractivity contribution in [3.8, 4) is 0 Å². The van der Waals surface area contributed by atoms with Crippen LogP contribution in [0.15, 0.2) is 6.33 Å². The van der Waals surface area contributed by atoms with Gasteiger partial charge in [-0.25, -0.2) is 4.98 Å². The maximum atomic E-state index is 4.46. The number of rotatable bonds is 3. The number of nitrogens with zero attached hydrogens (tertiary/aromatic N) is 2. The molecule has 0 aliphatic carbocycles. The van der Waals surface area contributed by atoms with Crippen LogP contribution in [0.1, 0.15) is 31.2 Å². The van der Waals surface area contributed by atoms with Crippen molar-refractivity contribution in [1.82, 2.24) is 14.9 Å². The highest BCUT2D eigenvalue weighted by Gasteiger charge is 2.12. The first-order valence-electron chi connectivity index (χ1n) is 5.15. The molecule has 1 N–H and O–H groups in total. The minimum absolute atomic E-state index is 0.999. The van der Waals surface area contributed by atoms with E-state index in [1.807, 2.05) is 6.33 Å². The summed E-state index contributed by atoms with van der Waals surface area (Å²) in [4.78, 5) is 4.46. The number of unbranched alkanes of at least 4 members (excludes halogenated alkanes) is 1. The Hall–Kier alpha value is -0.830. The Bertz CT molecular complexity index is 278. The molecule has 0 unspecified atom stereocenters. The van der Waals surface area contributed by atoms with Gasteiger partial charge in [-0.15, -0.1) is 0 Å². The average Bonchev–Trinajstić information content (AvgIpc) is 2.58. The molecule has 0 radical (unpaired) electrons. The molecule has 0 atom stereocenters. The van der Waals surface area contributed by atoms with Crippen LogP contribution in [-0.4, -0.2) is 16.1 Å². The molecule has 2 heterocycles. The Kier molecular flexibility index (Phi) is 2.64. The van der Waals surface area contributed by atoms with Gasteiger partial charge < -0.3 is 9.88 Å². The van der Waals surface area contributed by atoms with E-state index in [2.05, 4.69) is 21.8 Å². The van der Waals surface area contributed by atoms with E-state index in [0.717, 1.165) is 26.1 Å². The fourth-order valence-corrected chi connectivity index (χ4v) is 1.80. The molecule has 13 heavy (non-hydrogen) atoms. The van der Waals surface area contributed by atoms with Crippen LogP contribution in [0.5, 0.6) is 0 Å². The van der Waals surface area contributed by atoms with E-state index in [1.54, 1.807) is 0 Å². The van der Waals surface area contributed by atoms with Gasteiger partial charge in [-0.3, -0.25) is 0 Å². The summed E-state index contributed by atoms with van der Waals surface area (Å²) in [6.45, 7) is 5.38. The molecule has 0 bridgehead atoms. The standard InChI is InChI=1S/C10H17N3/c1-2-3-4-9-10-7-11-5-6-13(10)8-12-9/h8,11H,2-7H2,1H3. The molecule has 3 nitrogen and oxygen atoms in total. The van der Waals surface area contributed by atoms with E-state index in [4.69, 9.17) is 0 Å². The summed E-state index contributed by atoms with van der Waals surface area (Å²) >= 11 is 0. The quantitative estimate of drug-likeness (QED) is 0.758. The van der Waals surface area contributed by atoms with Crippen LogP contribution >= 0.6 is 0 Å². The summed E-state index contributed by atoms with van der Waals surface area (Å²) in [5.74, 6) is 0. The van der Waals surface area contributed by atoms with Crippen LogP contribution in [-0.2, 0) is 19.5 Å². The summed E-state index contributed by atoms with van der Waals surface area (Å²) in [6, 6.07) is 0. The minimum atomic E-state index is 0.999. The lowest BCUT2D eigenvalue weighted by atomic mass is 10.1. The third-order valence-electron chi connectivity index (χ3n) is 2.62. The van der Waals surface area contributed by atoms with Crippen molar-refractivity contribution in [2.45, 2.75) is 39.3 Å². The first-order chi connectivity index (χ1) is 6.42. The lowest BCUT2D eigenvalue weighted by Gasteiger charge is -2.16. The van der Waals surface area contributed by atoms with Crippen LogP contribution in [0, 0.1) is 0 Å². The van der Waals surface area contributed by atoms with Gasteiger partial charge >= 0.3 is 0 Å². The van der Waals surface area contributed by atoms with Gasteiger partial charge in [0.25, 0.3) is 0 Å². The number of fused-ring (bicyclic) bond motifs is 1. The van der Waals surface area contributed by atoms with E-state index < -0.39 is 0 Å². The van der Waals surface area contributed by atoms with E-state index in [9.17, 15) is 0 Å². The molecular weight excluding hydrogens is 162 g/mol. The van der Waals surface area contributed by atoms with E-state index in [1.165, 1.54) is 24.2 Å². The summed E-state index contributed by atoms with van der Waals surface area (Å²) < 4.78 is 2.28. The van der Waals surface area contributed by atoms with Crippen LogP contribution in [0.2, 0.25) is 0 Å². The minimum Gasteiger partial charge on any atom is -0.332 e. The zero-order valence-corrected chi connectivity index (χ0v) is 8.21. The van der Waals surface area contributed by atoms with Gasteiger partial charge in [-0.2, -0.15) is 0 Å². The van der Waals surface area contributed by atoms with Crippen LogP contribution < -0.4 is 5.32 Å². The van der Waals surface area contributed by atoms with Gasteiger partial charge in [0.05, 0.1) is 17.7 Å². The molecule has 1 aromatic rings. The topological polar surface area (TPSA) is 29.9 Å². The summed E-state index contributed by atoms with van der Waals surface area (Å²) in [6.07, 6.45) is 5.63. The number of hydrogen-bond donors (Lipinski definition) is 1. The number of aromatic nitrogens is 2. The Morgan fingerprint density at radius 3 is 3.38 bits per heavy atom. The molecule has 0 saturated heterocycles. The van der Waals surface area contributed by atoms with Gasteiger partial charge in [0.15, 0.2) is 0 Å². The number of imidazole rings is 1. The van der Waals surface area contributed by atoms with E-state index in [0.29, 0.717) is 0 Å². The number of nitrogens with one attached hydrogen (secondary N) is 1. The first kappa shape index (κ1) is 8.75. The zero-order chi connectivity index (χ0) is 9.10. The Morgan fingerprint density at radius 1 is 1.62 bits per heavy atom. The average molecular weight is 179 g/mol. The second kappa shape index (κ2) is 3.92. The van der Waals surface area contributed by atoms with Crippen molar-refractivity contribution in [2.24, 2.45) is 0 Å². The predicted molar refractivity (Wildman–Crippen MR) is 52.5 cm³/mol. The van der Waals surface area contributed by atoms with Gasteiger partial charge in [0.2, 0.25) is 0 Å². The fraction of sp³-hybridized carbons (Fsp3) is 0.700. The van der Waals surface area contributed by atoms with Crippen molar-refractivity contribution in [1.29, 1.82) is 0 Å². The highest BCUT2D eigenvalue weighted by atomic mass is 15.1. The normalized spacial score (nSPS) is 15.8. The Labute approximate surface area is 79.2 Å². The SMILES string of the molecule is CCCCc1ncn2c1CNCC2. The van der Waals surface area contributed by atoms with Crippen LogP contribution in [0.3, 0.4) is 0 Å². The van der Waals surface area contributed by atoms with E-state index in [-0.39, 0.29) is 0 Å². The molecule has 1 aromatic heterocycles. The fourth-order valence-electron chi connectivity index (χ4n) is 1.80. The monoisotopic (exact) mass is 179 g/mol. The highest BCUT2D eigenvalue weighted by Crippen LogP contribution is 2.12. The predicted octanol–water partition coefficient (Wildman–Crippen LogP) is 1.33. The molecule has 1 aliphatic heterocycles. The molecule has 0 fully saturated rings. The second-order valence-corrected chi connectivity index (χ2v) is 3.61. The smallest absolute Gasteiger partial charge is 0.0952 e. The second-order valence-electron chi connectivity index (χ2n) is 3.61. The number of hydrogen-bond acceptors (Lipinski definition) is 2. The highest BCUT2D eigenvalue weighted by molar-refractivity contribution is 5.14. The molecule has 0 aromatic carbocycles. The largest absolute Gasteiger partial charge is 0.332 e. The maximum absolute atomic E-state index is 4.46. The summed E-state index contributed by atoms with van der Waals surface area (Å²) in [7, 11) is 0. The van der Waals surface area contributed by atoms with Crippen LogP contribution in [0.4, 0.5) is 0 Å². The van der Waals surface area contributed by atoms with Crippen molar-refractivity contribution in [2.75, 3.05) is 6.54 Å².